The van der Waals surface area contributed by atoms with Gasteiger partial charge in [-0.2, -0.15) is 0 Å². The second kappa shape index (κ2) is 5.88. The fraction of sp³-hybridized carbons (Fsp3) is 0.0667. The van der Waals surface area contributed by atoms with Crippen LogP contribution in [0.4, 0.5) is 5.69 Å². The Morgan fingerprint density at radius 1 is 1.25 bits per heavy atom. The second-order valence-electron chi connectivity index (χ2n) is 4.17. The molecule has 2 aromatic rings. The number of benzene rings is 2. The van der Waals surface area contributed by atoms with Gasteiger partial charge in [-0.1, -0.05) is 30.3 Å². The van der Waals surface area contributed by atoms with Crippen molar-refractivity contribution in [1.82, 2.24) is 0 Å². The Hall–Kier alpha value is -2.82. The summed E-state index contributed by atoms with van der Waals surface area (Å²) in [6.45, 7) is 0.271. The molecule has 0 saturated heterocycles. The fourth-order valence-electron chi connectivity index (χ4n) is 1.75. The van der Waals surface area contributed by atoms with Gasteiger partial charge in [0.05, 0.1) is 11.1 Å². The lowest BCUT2D eigenvalue weighted by Crippen LogP contribution is -2.06. The summed E-state index contributed by atoms with van der Waals surface area (Å²) in [7, 11) is 0. The highest BCUT2D eigenvalue weighted by atomic mass is 16.5. The van der Waals surface area contributed by atoms with Crippen LogP contribution in [0.2, 0.25) is 0 Å². The van der Waals surface area contributed by atoms with Gasteiger partial charge >= 0.3 is 5.97 Å². The molecule has 0 aliphatic heterocycles. The third-order valence-electron chi connectivity index (χ3n) is 2.78. The normalized spacial score (nSPS) is 10.0. The molecule has 0 aliphatic rings. The van der Waals surface area contributed by atoms with Crippen LogP contribution in [0.3, 0.4) is 0 Å². The summed E-state index contributed by atoms with van der Waals surface area (Å²) in [5.74, 6) is -0.911. The number of hydrogen-bond donors (Lipinski definition) is 2. The van der Waals surface area contributed by atoms with Crippen LogP contribution in [-0.4, -0.2) is 17.4 Å². The first-order valence-corrected chi connectivity index (χ1v) is 5.90. The summed E-state index contributed by atoms with van der Waals surface area (Å²) < 4.78 is 5.53. The Kier molecular flexibility index (Phi) is 4.00. The monoisotopic (exact) mass is 271 g/mol. The summed E-state index contributed by atoms with van der Waals surface area (Å²) in [6.07, 6.45) is 0.548. The first kappa shape index (κ1) is 13.6. The number of carboxylic acids is 1. The van der Waals surface area contributed by atoms with Crippen molar-refractivity contribution in [2.75, 3.05) is 5.73 Å². The van der Waals surface area contributed by atoms with E-state index in [0.29, 0.717) is 6.29 Å². The summed E-state index contributed by atoms with van der Waals surface area (Å²) in [4.78, 5) is 22.0. The molecule has 2 rings (SSSR count). The molecule has 3 N–H and O–H groups in total. The molecule has 0 fully saturated rings. The van der Waals surface area contributed by atoms with Gasteiger partial charge in [0, 0.05) is 11.8 Å². The molecule has 0 atom stereocenters. The Bertz CT molecular complexity index is 638. The molecule has 0 amide bonds. The number of nitrogen functional groups attached to an aromatic ring is 1. The van der Waals surface area contributed by atoms with Gasteiger partial charge in [-0.3, -0.25) is 4.79 Å². The van der Waals surface area contributed by atoms with Gasteiger partial charge in [0.25, 0.3) is 0 Å². The van der Waals surface area contributed by atoms with Crippen LogP contribution in [0.5, 0.6) is 5.75 Å². The zero-order chi connectivity index (χ0) is 14.5. The third kappa shape index (κ3) is 2.95. The number of carbonyl (C=O) groups is 2. The maximum Gasteiger partial charge on any atom is 0.337 e. The van der Waals surface area contributed by atoms with E-state index in [-0.39, 0.29) is 29.2 Å². The molecular formula is C15H13NO4. The van der Waals surface area contributed by atoms with E-state index in [4.69, 9.17) is 15.6 Å². The van der Waals surface area contributed by atoms with Gasteiger partial charge in [0.2, 0.25) is 0 Å². The number of hydrogen-bond acceptors (Lipinski definition) is 4. The Morgan fingerprint density at radius 2 is 1.95 bits per heavy atom. The van der Waals surface area contributed by atoms with Gasteiger partial charge < -0.3 is 15.6 Å². The molecule has 0 spiro atoms. The van der Waals surface area contributed by atoms with Crippen LogP contribution in [0.15, 0.2) is 42.5 Å². The average molecular weight is 271 g/mol. The molecule has 20 heavy (non-hydrogen) atoms. The van der Waals surface area contributed by atoms with Crippen LogP contribution >= 0.6 is 0 Å². The molecule has 0 radical (unpaired) electrons. The molecular weight excluding hydrogens is 258 g/mol. The lowest BCUT2D eigenvalue weighted by Gasteiger charge is -2.11. The van der Waals surface area contributed by atoms with E-state index >= 15 is 0 Å². The van der Waals surface area contributed by atoms with E-state index in [9.17, 15) is 9.59 Å². The van der Waals surface area contributed by atoms with Gasteiger partial charge in [0.1, 0.15) is 12.4 Å². The number of aldehydes is 1. The highest BCUT2D eigenvalue weighted by Gasteiger charge is 2.13. The lowest BCUT2D eigenvalue weighted by atomic mass is 10.1. The van der Waals surface area contributed by atoms with Gasteiger partial charge in [-0.05, 0) is 11.6 Å². The van der Waals surface area contributed by atoms with Crippen molar-refractivity contribution < 1.29 is 19.4 Å². The minimum Gasteiger partial charge on any atom is -0.488 e. The van der Waals surface area contributed by atoms with Gasteiger partial charge in [-0.25, -0.2) is 4.79 Å². The van der Waals surface area contributed by atoms with E-state index in [2.05, 4.69) is 0 Å². The van der Waals surface area contributed by atoms with Crippen LogP contribution in [0.25, 0.3) is 0 Å². The minimum absolute atomic E-state index is 0.0613. The minimum atomic E-state index is -1.18. The summed E-state index contributed by atoms with van der Waals surface area (Å²) >= 11 is 0. The first-order valence-electron chi connectivity index (χ1n) is 5.90. The van der Waals surface area contributed by atoms with Crippen molar-refractivity contribution in [3.05, 3.63) is 59.2 Å². The van der Waals surface area contributed by atoms with E-state index in [1.165, 1.54) is 12.1 Å². The molecule has 2 aromatic carbocycles. The Morgan fingerprint density at radius 3 is 2.55 bits per heavy atom. The number of carboxylic acid groups (broad SMARTS) is 1. The quantitative estimate of drug-likeness (QED) is 0.643. The van der Waals surface area contributed by atoms with Crippen molar-refractivity contribution in [2.24, 2.45) is 0 Å². The van der Waals surface area contributed by atoms with Gasteiger partial charge in [0.15, 0.2) is 6.29 Å². The van der Waals surface area contributed by atoms with Crippen molar-refractivity contribution >= 4 is 17.9 Å². The molecule has 5 nitrogen and oxygen atoms in total. The van der Waals surface area contributed by atoms with Crippen LogP contribution in [0, 0.1) is 0 Å². The maximum atomic E-state index is 11.0. The van der Waals surface area contributed by atoms with Crippen molar-refractivity contribution in [3.8, 4) is 5.75 Å². The second-order valence-corrected chi connectivity index (χ2v) is 4.17. The highest BCUT2D eigenvalue weighted by molar-refractivity contribution is 5.97. The Labute approximate surface area is 115 Å². The number of aromatic carboxylic acids is 1. The largest absolute Gasteiger partial charge is 0.488 e. The number of nitrogens with two attached hydrogens (primary N) is 1. The number of carbonyl (C=O) groups excluding carboxylic acids is 1. The predicted octanol–water partition coefficient (Wildman–Crippen LogP) is 2.36. The summed E-state index contributed by atoms with van der Waals surface area (Å²) in [5.41, 5.74) is 6.68. The van der Waals surface area contributed by atoms with Crippen molar-refractivity contribution in [1.29, 1.82) is 0 Å². The highest BCUT2D eigenvalue weighted by Crippen LogP contribution is 2.25. The number of rotatable bonds is 5. The van der Waals surface area contributed by atoms with E-state index in [1.807, 2.05) is 30.3 Å². The van der Waals surface area contributed by atoms with Crippen molar-refractivity contribution in [2.45, 2.75) is 6.61 Å². The molecule has 0 bridgehead atoms. The topological polar surface area (TPSA) is 89.6 Å². The zero-order valence-electron chi connectivity index (χ0n) is 10.6. The molecule has 0 unspecified atom stereocenters. The standard InChI is InChI=1S/C15H13NO4/c16-13-7-14(11(8-17)6-12(13)15(18)19)20-9-10-4-2-1-3-5-10/h1-8H,9,16H2,(H,18,19). The zero-order valence-corrected chi connectivity index (χ0v) is 10.6. The molecule has 0 aliphatic carbocycles. The van der Waals surface area contributed by atoms with E-state index < -0.39 is 5.97 Å². The predicted molar refractivity (Wildman–Crippen MR) is 74.0 cm³/mol. The molecule has 5 heteroatoms. The average Bonchev–Trinajstić information content (AvgIpc) is 2.46. The number of anilines is 1. The molecule has 102 valence electrons. The van der Waals surface area contributed by atoms with Crippen LogP contribution in [0.1, 0.15) is 26.3 Å². The maximum absolute atomic E-state index is 11.0. The smallest absolute Gasteiger partial charge is 0.337 e. The SMILES string of the molecule is Nc1cc(OCc2ccccc2)c(C=O)cc1C(=O)O. The lowest BCUT2D eigenvalue weighted by molar-refractivity contribution is 0.0698. The van der Waals surface area contributed by atoms with Crippen molar-refractivity contribution in [3.63, 3.8) is 0 Å². The Balaban J connectivity index is 2.25. The number of ether oxygens (including phenoxy) is 1. The van der Waals surface area contributed by atoms with E-state index in [1.54, 1.807) is 0 Å². The third-order valence-corrected chi connectivity index (χ3v) is 2.78. The fourth-order valence-corrected chi connectivity index (χ4v) is 1.75. The summed E-state index contributed by atoms with van der Waals surface area (Å²) in [6, 6.07) is 12.0. The molecule has 0 heterocycles. The van der Waals surface area contributed by atoms with Crippen LogP contribution in [-0.2, 0) is 6.61 Å². The first-order chi connectivity index (χ1) is 9.61. The summed E-state index contributed by atoms with van der Waals surface area (Å²) in [5, 5.41) is 8.95. The van der Waals surface area contributed by atoms with Gasteiger partial charge in [-0.15, -0.1) is 0 Å². The molecule has 0 saturated carbocycles. The van der Waals surface area contributed by atoms with Crippen LogP contribution < -0.4 is 10.5 Å². The van der Waals surface area contributed by atoms with E-state index in [0.717, 1.165) is 5.56 Å². The molecule has 0 aromatic heterocycles.